The number of unbranched alkanes of at least 4 members (excludes halogenated alkanes) is 9. The summed E-state index contributed by atoms with van der Waals surface area (Å²) in [6.07, 6.45) is 13.3. The summed E-state index contributed by atoms with van der Waals surface area (Å²) in [6.45, 7) is 4.93. The predicted octanol–water partition coefficient (Wildman–Crippen LogP) is 6.00. The Labute approximate surface area is 130 Å². The fraction of sp³-hybridized carbons (Fsp3) is 0.684. The molecule has 0 radical (unpaired) electrons. The summed E-state index contributed by atoms with van der Waals surface area (Å²) in [7, 11) is 0. The molecule has 2 heteroatoms. The molecule has 0 saturated carbocycles. The van der Waals surface area contributed by atoms with Crippen molar-refractivity contribution in [2.45, 2.75) is 78.1 Å². The van der Waals surface area contributed by atoms with Gasteiger partial charge in [0.1, 0.15) is 0 Å². The van der Waals surface area contributed by atoms with Crippen molar-refractivity contribution in [2.75, 3.05) is 6.61 Å². The number of aryl methyl sites for hydroxylation is 1. The molecule has 1 aromatic carbocycles. The lowest BCUT2D eigenvalue weighted by atomic mass is 10.1. The molecule has 2 nitrogen and oxygen atoms in total. The molecule has 0 heterocycles. The topological polar surface area (TPSA) is 29.5 Å². The summed E-state index contributed by atoms with van der Waals surface area (Å²) < 4.78 is 5.61. The van der Waals surface area contributed by atoms with Gasteiger partial charge in [-0.3, -0.25) is 0 Å². The molecule has 0 amide bonds. The van der Waals surface area contributed by atoms with Crippen molar-refractivity contribution in [1.82, 2.24) is 0 Å². The van der Waals surface area contributed by atoms with Gasteiger partial charge in [0.15, 0.2) is 11.5 Å². The lowest BCUT2D eigenvalue weighted by Gasteiger charge is -2.08. The molecule has 120 valence electrons. The Bertz CT molecular complexity index is 374. The van der Waals surface area contributed by atoms with Crippen LogP contribution in [0.5, 0.6) is 11.5 Å². The fourth-order valence-electron chi connectivity index (χ4n) is 2.52. The minimum absolute atomic E-state index is 0.252. The first-order valence-corrected chi connectivity index (χ1v) is 8.66. The third-order valence-corrected chi connectivity index (χ3v) is 3.87. The van der Waals surface area contributed by atoms with E-state index >= 15 is 0 Å². The molecule has 0 bridgehead atoms. The van der Waals surface area contributed by atoms with Crippen LogP contribution in [-0.2, 0) is 0 Å². The molecule has 1 N–H and O–H groups in total. The van der Waals surface area contributed by atoms with E-state index in [9.17, 15) is 5.11 Å². The summed E-state index contributed by atoms with van der Waals surface area (Å²) in [5, 5.41) is 9.73. The van der Waals surface area contributed by atoms with Gasteiger partial charge in [0.05, 0.1) is 6.61 Å². The van der Waals surface area contributed by atoms with E-state index in [4.69, 9.17) is 4.74 Å². The number of benzene rings is 1. The molecule has 0 aliphatic rings. The number of phenols is 1. The van der Waals surface area contributed by atoms with Crippen molar-refractivity contribution in [3.8, 4) is 11.5 Å². The van der Waals surface area contributed by atoms with Gasteiger partial charge in [-0.05, 0) is 31.0 Å². The van der Waals surface area contributed by atoms with Gasteiger partial charge in [-0.15, -0.1) is 0 Å². The average molecular weight is 292 g/mol. The highest BCUT2D eigenvalue weighted by molar-refractivity contribution is 5.41. The Hall–Kier alpha value is -1.18. The van der Waals surface area contributed by atoms with Gasteiger partial charge in [0.2, 0.25) is 0 Å². The highest BCUT2D eigenvalue weighted by Crippen LogP contribution is 2.26. The second-order valence-corrected chi connectivity index (χ2v) is 6.00. The van der Waals surface area contributed by atoms with Crippen LogP contribution < -0.4 is 4.74 Å². The first kappa shape index (κ1) is 17.9. The van der Waals surface area contributed by atoms with E-state index in [1.54, 1.807) is 6.07 Å². The van der Waals surface area contributed by atoms with E-state index in [0.29, 0.717) is 12.4 Å². The average Bonchev–Trinajstić information content (AvgIpc) is 2.46. The summed E-state index contributed by atoms with van der Waals surface area (Å²) >= 11 is 0. The first-order valence-electron chi connectivity index (χ1n) is 8.66. The van der Waals surface area contributed by atoms with Crippen LogP contribution in [0.3, 0.4) is 0 Å². The van der Waals surface area contributed by atoms with Crippen molar-refractivity contribution in [1.29, 1.82) is 0 Å². The molecular weight excluding hydrogens is 260 g/mol. The van der Waals surface area contributed by atoms with E-state index in [1.165, 1.54) is 57.8 Å². The fourth-order valence-corrected chi connectivity index (χ4v) is 2.52. The molecule has 0 fully saturated rings. The van der Waals surface area contributed by atoms with Crippen molar-refractivity contribution < 1.29 is 9.84 Å². The highest BCUT2D eigenvalue weighted by Gasteiger charge is 2.01. The summed E-state index contributed by atoms with van der Waals surface area (Å²) in [6, 6.07) is 5.56. The second kappa shape index (κ2) is 11.5. The molecule has 1 aromatic rings. The monoisotopic (exact) mass is 292 g/mol. The van der Waals surface area contributed by atoms with Gasteiger partial charge in [-0.2, -0.15) is 0 Å². The van der Waals surface area contributed by atoms with Crippen LogP contribution in [-0.4, -0.2) is 11.7 Å². The maximum atomic E-state index is 9.73. The lowest BCUT2D eigenvalue weighted by Crippen LogP contribution is -1.97. The van der Waals surface area contributed by atoms with Gasteiger partial charge >= 0.3 is 0 Å². The van der Waals surface area contributed by atoms with Gasteiger partial charge in [0, 0.05) is 0 Å². The van der Waals surface area contributed by atoms with Crippen LogP contribution in [0.4, 0.5) is 0 Å². The maximum Gasteiger partial charge on any atom is 0.160 e. The van der Waals surface area contributed by atoms with E-state index in [1.807, 2.05) is 19.1 Å². The van der Waals surface area contributed by atoms with Gasteiger partial charge in [-0.1, -0.05) is 70.8 Å². The number of phenolic OH excluding ortho intramolecular Hbond substituents is 1. The molecule has 0 spiro atoms. The standard InChI is InChI=1S/C19H32O2/c1-3-4-5-6-7-8-9-10-11-12-15-21-19-14-13-17(2)16-18(19)20/h13-14,16,20H,3-12,15H2,1-2H3. The third-order valence-electron chi connectivity index (χ3n) is 3.87. The van der Waals surface area contributed by atoms with Crippen LogP contribution in [0, 0.1) is 6.92 Å². The lowest BCUT2D eigenvalue weighted by molar-refractivity contribution is 0.288. The Morgan fingerprint density at radius 1 is 0.857 bits per heavy atom. The molecule has 1 rings (SSSR count). The molecule has 0 atom stereocenters. The number of ether oxygens (including phenoxy) is 1. The van der Waals surface area contributed by atoms with E-state index in [-0.39, 0.29) is 5.75 Å². The second-order valence-electron chi connectivity index (χ2n) is 6.00. The molecule has 0 aromatic heterocycles. The Morgan fingerprint density at radius 3 is 2.00 bits per heavy atom. The Morgan fingerprint density at radius 2 is 1.43 bits per heavy atom. The van der Waals surface area contributed by atoms with Crippen molar-refractivity contribution in [3.63, 3.8) is 0 Å². The van der Waals surface area contributed by atoms with E-state index < -0.39 is 0 Å². The van der Waals surface area contributed by atoms with Crippen LogP contribution >= 0.6 is 0 Å². The molecule has 0 saturated heterocycles. The number of aromatic hydroxyl groups is 1. The number of hydrogen-bond donors (Lipinski definition) is 1. The normalized spacial score (nSPS) is 10.8. The summed E-state index contributed by atoms with van der Waals surface area (Å²) in [5.74, 6) is 0.860. The van der Waals surface area contributed by atoms with Crippen molar-refractivity contribution >= 4 is 0 Å². The zero-order chi connectivity index (χ0) is 15.3. The van der Waals surface area contributed by atoms with Gasteiger partial charge in [0.25, 0.3) is 0 Å². The number of rotatable bonds is 12. The summed E-state index contributed by atoms with van der Waals surface area (Å²) in [4.78, 5) is 0. The molecule has 0 aliphatic heterocycles. The minimum Gasteiger partial charge on any atom is -0.504 e. The molecule has 0 aliphatic carbocycles. The van der Waals surface area contributed by atoms with Crippen molar-refractivity contribution in [3.05, 3.63) is 23.8 Å². The zero-order valence-electron chi connectivity index (χ0n) is 13.9. The van der Waals surface area contributed by atoms with Crippen LogP contribution in [0.15, 0.2) is 18.2 Å². The van der Waals surface area contributed by atoms with Gasteiger partial charge < -0.3 is 9.84 Å². The Kier molecular flexibility index (Phi) is 9.77. The predicted molar refractivity (Wildman–Crippen MR) is 90.2 cm³/mol. The Balaban J connectivity index is 1.93. The molecule has 21 heavy (non-hydrogen) atoms. The highest BCUT2D eigenvalue weighted by atomic mass is 16.5. The SMILES string of the molecule is CCCCCCCCCCCCOc1ccc(C)cc1O. The van der Waals surface area contributed by atoms with E-state index in [0.717, 1.165) is 12.0 Å². The minimum atomic E-state index is 0.252. The maximum absolute atomic E-state index is 9.73. The summed E-state index contributed by atoms with van der Waals surface area (Å²) in [5.41, 5.74) is 1.05. The van der Waals surface area contributed by atoms with Crippen LogP contribution in [0.2, 0.25) is 0 Å². The molecule has 0 unspecified atom stereocenters. The van der Waals surface area contributed by atoms with E-state index in [2.05, 4.69) is 6.92 Å². The number of hydrogen-bond acceptors (Lipinski definition) is 2. The molecular formula is C19H32O2. The zero-order valence-corrected chi connectivity index (χ0v) is 13.9. The van der Waals surface area contributed by atoms with Crippen LogP contribution in [0.1, 0.15) is 76.7 Å². The van der Waals surface area contributed by atoms with Crippen LogP contribution in [0.25, 0.3) is 0 Å². The van der Waals surface area contributed by atoms with Crippen molar-refractivity contribution in [2.24, 2.45) is 0 Å². The first-order chi connectivity index (χ1) is 10.2. The van der Waals surface area contributed by atoms with Gasteiger partial charge in [-0.25, -0.2) is 0 Å². The quantitative estimate of drug-likeness (QED) is 0.479. The largest absolute Gasteiger partial charge is 0.504 e. The third kappa shape index (κ3) is 8.64. The smallest absolute Gasteiger partial charge is 0.160 e.